The monoisotopic (exact) mass is 231 g/mol. The van der Waals surface area contributed by atoms with Gasteiger partial charge in [0.05, 0.1) is 11.9 Å². The van der Waals surface area contributed by atoms with Crippen molar-refractivity contribution >= 4 is 22.7 Å². The third-order valence-electron chi connectivity index (χ3n) is 2.07. The molecule has 0 saturated carbocycles. The second-order valence-corrected chi connectivity index (χ2v) is 4.43. The van der Waals surface area contributed by atoms with Crippen LogP contribution in [-0.4, -0.2) is 11.2 Å². The highest BCUT2D eigenvalue weighted by atomic mass is 32.1. The van der Waals surface area contributed by atoms with Crippen molar-refractivity contribution < 1.29 is 0 Å². The van der Waals surface area contributed by atoms with E-state index in [2.05, 4.69) is 34.6 Å². The highest BCUT2D eigenvalue weighted by Crippen LogP contribution is 2.13. The van der Waals surface area contributed by atoms with Crippen LogP contribution in [-0.2, 0) is 0 Å². The number of hydrogen-bond acceptors (Lipinski definition) is 4. The summed E-state index contributed by atoms with van der Waals surface area (Å²) in [6.07, 6.45) is 1.79. The summed E-state index contributed by atoms with van der Waals surface area (Å²) in [6.45, 7) is 4.03. The van der Waals surface area contributed by atoms with Gasteiger partial charge in [-0.25, -0.2) is 4.98 Å². The number of benzene rings is 1. The van der Waals surface area contributed by atoms with Gasteiger partial charge in [0, 0.05) is 5.38 Å². The van der Waals surface area contributed by atoms with Crippen molar-refractivity contribution in [3.63, 3.8) is 0 Å². The van der Waals surface area contributed by atoms with Crippen molar-refractivity contribution in [3.8, 4) is 0 Å². The average Bonchev–Trinajstić information content (AvgIpc) is 2.67. The molecule has 2 aromatic rings. The molecule has 4 heteroatoms. The fourth-order valence-electron chi connectivity index (χ4n) is 1.22. The lowest BCUT2D eigenvalue weighted by Gasteiger charge is -1.95. The average molecular weight is 231 g/mol. The Morgan fingerprint density at radius 1 is 1.25 bits per heavy atom. The number of thiazole rings is 1. The first-order valence-electron chi connectivity index (χ1n) is 5.02. The topological polar surface area (TPSA) is 37.3 Å². The van der Waals surface area contributed by atoms with Crippen LogP contribution in [0.15, 0.2) is 34.7 Å². The summed E-state index contributed by atoms with van der Waals surface area (Å²) < 4.78 is 0. The van der Waals surface area contributed by atoms with E-state index in [1.54, 1.807) is 17.6 Å². The van der Waals surface area contributed by atoms with Crippen LogP contribution in [0.1, 0.15) is 16.8 Å². The summed E-state index contributed by atoms with van der Waals surface area (Å²) in [6, 6.07) is 8.20. The van der Waals surface area contributed by atoms with Gasteiger partial charge in [0.25, 0.3) is 0 Å². The number of aryl methyl sites for hydroxylation is 2. The van der Waals surface area contributed by atoms with E-state index in [0.717, 1.165) is 16.4 Å². The molecule has 1 N–H and O–H groups in total. The van der Waals surface area contributed by atoms with Gasteiger partial charge in [-0.15, -0.1) is 11.3 Å². The molecule has 0 aliphatic heterocycles. The van der Waals surface area contributed by atoms with Crippen molar-refractivity contribution in [3.05, 3.63) is 46.5 Å². The highest BCUT2D eigenvalue weighted by molar-refractivity contribution is 7.13. The second kappa shape index (κ2) is 4.90. The fraction of sp³-hybridized carbons (Fsp3) is 0.167. The van der Waals surface area contributed by atoms with Crippen molar-refractivity contribution in [2.24, 2.45) is 5.10 Å². The molecule has 1 aromatic heterocycles. The van der Waals surface area contributed by atoms with Gasteiger partial charge in [0.1, 0.15) is 0 Å². The minimum absolute atomic E-state index is 0.820. The summed E-state index contributed by atoms with van der Waals surface area (Å²) in [5.41, 5.74) is 6.24. The smallest absolute Gasteiger partial charge is 0.203 e. The Kier molecular flexibility index (Phi) is 3.31. The molecule has 1 heterocycles. The van der Waals surface area contributed by atoms with Crippen LogP contribution in [0.25, 0.3) is 0 Å². The van der Waals surface area contributed by atoms with Gasteiger partial charge in [-0.1, -0.05) is 29.8 Å². The third-order valence-corrected chi connectivity index (χ3v) is 2.93. The van der Waals surface area contributed by atoms with Gasteiger partial charge in [0.15, 0.2) is 0 Å². The summed E-state index contributed by atoms with van der Waals surface area (Å²) in [5, 5.41) is 6.94. The molecule has 0 fully saturated rings. The zero-order valence-corrected chi connectivity index (χ0v) is 10.1. The standard InChI is InChI=1S/C12H13N3S/c1-9-3-5-11(6-4-9)7-13-15-12-14-10(2)8-16-12/h3-8H,1-2H3,(H,14,15)/b13-7+. The van der Waals surface area contributed by atoms with Crippen LogP contribution < -0.4 is 5.43 Å². The highest BCUT2D eigenvalue weighted by Gasteiger charge is 1.94. The SMILES string of the molecule is Cc1ccc(/C=N/Nc2nc(C)cs2)cc1. The van der Waals surface area contributed by atoms with Crippen LogP contribution in [0.4, 0.5) is 5.13 Å². The number of rotatable bonds is 3. The summed E-state index contributed by atoms with van der Waals surface area (Å²) in [5.74, 6) is 0. The van der Waals surface area contributed by atoms with Crippen LogP contribution in [0.3, 0.4) is 0 Å². The van der Waals surface area contributed by atoms with Crippen LogP contribution in [0.5, 0.6) is 0 Å². The molecule has 0 radical (unpaired) electrons. The van der Waals surface area contributed by atoms with Crippen molar-refractivity contribution in [1.29, 1.82) is 0 Å². The number of anilines is 1. The predicted octanol–water partition coefficient (Wildman–Crippen LogP) is 3.21. The number of nitrogens with zero attached hydrogens (tertiary/aromatic N) is 2. The first kappa shape index (κ1) is 10.8. The maximum absolute atomic E-state index is 4.25. The number of hydrazone groups is 1. The molecule has 0 aliphatic rings. The van der Waals surface area contributed by atoms with E-state index in [0.29, 0.717) is 0 Å². The Balaban J connectivity index is 1.97. The lowest BCUT2D eigenvalue weighted by atomic mass is 10.2. The number of aromatic nitrogens is 1. The van der Waals surface area contributed by atoms with Gasteiger partial charge < -0.3 is 0 Å². The number of hydrogen-bond donors (Lipinski definition) is 1. The molecule has 0 unspecified atom stereocenters. The van der Waals surface area contributed by atoms with Gasteiger partial charge in [0.2, 0.25) is 5.13 Å². The lowest BCUT2D eigenvalue weighted by Crippen LogP contribution is -1.90. The molecular weight excluding hydrogens is 218 g/mol. The lowest BCUT2D eigenvalue weighted by molar-refractivity contribution is 1.22. The molecule has 2 rings (SSSR count). The molecule has 1 aromatic carbocycles. The summed E-state index contributed by atoms with van der Waals surface area (Å²) in [4.78, 5) is 4.25. The summed E-state index contributed by atoms with van der Waals surface area (Å²) in [7, 11) is 0. The van der Waals surface area contributed by atoms with Gasteiger partial charge in [-0.3, -0.25) is 5.43 Å². The normalized spacial score (nSPS) is 10.9. The van der Waals surface area contributed by atoms with E-state index in [1.807, 2.05) is 24.4 Å². The van der Waals surface area contributed by atoms with E-state index in [-0.39, 0.29) is 0 Å². The van der Waals surface area contributed by atoms with E-state index in [9.17, 15) is 0 Å². The second-order valence-electron chi connectivity index (χ2n) is 3.57. The number of nitrogens with one attached hydrogen (secondary N) is 1. The van der Waals surface area contributed by atoms with E-state index < -0.39 is 0 Å². The largest absolute Gasteiger partial charge is 0.253 e. The Morgan fingerprint density at radius 2 is 2.00 bits per heavy atom. The zero-order valence-electron chi connectivity index (χ0n) is 9.27. The predicted molar refractivity (Wildman–Crippen MR) is 69.2 cm³/mol. The first-order valence-corrected chi connectivity index (χ1v) is 5.90. The molecule has 0 saturated heterocycles. The Bertz CT molecular complexity index is 485. The van der Waals surface area contributed by atoms with E-state index in [4.69, 9.17) is 0 Å². The molecule has 0 atom stereocenters. The minimum Gasteiger partial charge on any atom is -0.253 e. The van der Waals surface area contributed by atoms with Crippen molar-refractivity contribution in [2.75, 3.05) is 5.43 Å². The molecule has 0 spiro atoms. The molecule has 82 valence electrons. The molecule has 16 heavy (non-hydrogen) atoms. The first-order chi connectivity index (χ1) is 7.74. The van der Waals surface area contributed by atoms with Gasteiger partial charge >= 0.3 is 0 Å². The third kappa shape index (κ3) is 2.90. The van der Waals surface area contributed by atoms with Crippen molar-refractivity contribution in [1.82, 2.24) is 4.98 Å². The maximum Gasteiger partial charge on any atom is 0.203 e. The minimum atomic E-state index is 0.820. The van der Waals surface area contributed by atoms with Gasteiger partial charge in [-0.05, 0) is 19.4 Å². The molecule has 0 bridgehead atoms. The van der Waals surface area contributed by atoms with Crippen molar-refractivity contribution in [2.45, 2.75) is 13.8 Å². The van der Waals surface area contributed by atoms with Gasteiger partial charge in [-0.2, -0.15) is 5.10 Å². The Morgan fingerprint density at radius 3 is 2.62 bits per heavy atom. The zero-order chi connectivity index (χ0) is 11.4. The molecule has 0 aliphatic carbocycles. The van der Waals surface area contributed by atoms with Crippen LogP contribution in [0.2, 0.25) is 0 Å². The molecular formula is C12H13N3S. The Labute approximate surface area is 98.9 Å². The van der Waals surface area contributed by atoms with Crippen LogP contribution in [0, 0.1) is 13.8 Å². The van der Waals surface area contributed by atoms with E-state index in [1.165, 1.54) is 5.56 Å². The fourth-order valence-corrected chi connectivity index (χ4v) is 1.86. The maximum atomic E-state index is 4.25. The molecule has 0 amide bonds. The van der Waals surface area contributed by atoms with Crippen LogP contribution >= 0.6 is 11.3 Å². The quantitative estimate of drug-likeness (QED) is 0.650. The Hall–Kier alpha value is -1.68. The summed E-state index contributed by atoms with van der Waals surface area (Å²) >= 11 is 1.55. The van der Waals surface area contributed by atoms with E-state index >= 15 is 0 Å². The molecule has 3 nitrogen and oxygen atoms in total.